The fourth-order valence-corrected chi connectivity index (χ4v) is 4.07. The first kappa shape index (κ1) is 22.7. The molecule has 2 aromatic carbocycles. The van der Waals surface area contributed by atoms with Crippen molar-refractivity contribution >= 4 is 17.4 Å². The van der Waals surface area contributed by atoms with Gasteiger partial charge in [-0.05, 0) is 56.2 Å². The number of hydrogen-bond donors (Lipinski definition) is 1. The second-order valence-electron chi connectivity index (χ2n) is 8.15. The van der Waals surface area contributed by atoms with E-state index in [1.54, 1.807) is 31.4 Å². The number of methoxy groups -OCH3 is 1. The van der Waals surface area contributed by atoms with E-state index in [1.807, 2.05) is 32.0 Å². The summed E-state index contributed by atoms with van der Waals surface area (Å²) >= 11 is 0. The Bertz CT molecular complexity index is 1090. The van der Waals surface area contributed by atoms with Crippen molar-refractivity contribution < 1.29 is 33.6 Å². The number of hydrogen-bond acceptors (Lipinski definition) is 7. The molecular formula is C25H27NO7. The summed E-state index contributed by atoms with van der Waals surface area (Å²) in [6.45, 7) is 4.67. The van der Waals surface area contributed by atoms with Crippen molar-refractivity contribution in [3.05, 3.63) is 59.2 Å². The summed E-state index contributed by atoms with van der Waals surface area (Å²) in [5.41, 5.74) is 1.07. The Labute approximate surface area is 192 Å². The molecular weight excluding hydrogens is 426 g/mol. The monoisotopic (exact) mass is 453 g/mol. The Balaban J connectivity index is 1.80. The SMILES string of the molecule is COCCCN1C(=O)C(=O)/C(=C(\O)c2ccc3c(c2)OCO3)C1c1cccc(OC(C)C)c1. The van der Waals surface area contributed by atoms with Gasteiger partial charge in [0.15, 0.2) is 11.5 Å². The Morgan fingerprint density at radius 2 is 1.94 bits per heavy atom. The van der Waals surface area contributed by atoms with Gasteiger partial charge in [0.25, 0.3) is 11.7 Å². The van der Waals surface area contributed by atoms with E-state index >= 15 is 0 Å². The van der Waals surface area contributed by atoms with Crippen LogP contribution in [0.4, 0.5) is 0 Å². The average Bonchev–Trinajstić information content (AvgIpc) is 3.36. The highest BCUT2D eigenvalue weighted by atomic mass is 16.7. The van der Waals surface area contributed by atoms with Gasteiger partial charge in [-0.1, -0.05) is 12.1 Å². The maximum absolute atomic E-state index is 13.1. The maximum Gasteiger partial charge on any atom is 0.295 e. The van der Waals surface area contributed by atoms with Crippen molar-refractivity contribution in [2.45, 2.75) is 32.4 Å². The lowest BCUT2D eigenvalue weighted by Crippen LogP contribution is -2.31. The summed E-state index contributed by atoms with van der Waals surface area (Å²) in [6.07, 6.45) is 0.508. The first-order valence-corrected chi connectivity index (χ1v) is 10.8. The zero-order chi connectivity index (χ0) is 23.5. The summed E-state index contributed by atoms with van der Waals surface area (Å²) in [6, 6.07) is 11.4. The van der Waals surface area contributed by atoms with E-state index in [1.165, 1.54) is 4.90 Å². The number of fused-ring (bicyclic) bond motifs is 1. The molecule has 8 nitrogen and oxygen atoms in total. The standard InChI is InChI=1S/C25H27NO7/c1-15(2)33-18-7-4-6-16(12-18)22-21(24(28)25(29)26(22)10-5-11-30-3)23(27)17-8-9-19-20(13-17)32-14-31-19/h4,6-9,12-13,15,22,27H,5,10-11,14H2,1-3H3/b23-21-. The molecule has 0 aliphatic carbocycles. The average molecular weight is 453 g/mol. The number of carbonyl (C=O) groups is 2. The van der Waals surface area contributed by atoms with Crippen molar-refractivity contribution in [3.8, 4) is 17.2 Å². The van der Waals surface area contributed by atoms with Crippen LogP contribution in [-0.2, 0) is 14.3 Å². The number of Topliss-reactive ketones (excluding diaryl/α,β-unsaturated/α-hetero) is 1. The van der Waals surface area contributed by atoms with E-state index < -0.39 is 17.7 Å². The van der Waals surface area contributed by atoms with Crippen LogP contribution in [0.15, 0.2) is 48.0 Å². The van der Waals surface area contributed by atoms with E-state index in [2.05, 4.69) is 0 Å². The van der Waals surface area contributed by atoms with Gasteiger partial charge in [-0.2, -0.15) is 0 Å². The van der Waals surface area contributed by atoms with Crippen LogP contribution in [0.1, 0.15) is 37.4 Å². The Morgan fingerprint density at radius 3 is 2.70 bits per heavy atom. The number of ketones is 1. The van der Waals surface area contributed by atoms with Crippen LogP contribution in [0.3, 0.4) is 0 Å². The lowest BCUT2D eigenvalue weighted by Gasteiger charge is -2.25. The van der Waals surface area contributed by atoms with Crippen molar-refractivity contribution in [1.29, 1.82) is 0 Å². The van der Waals surface area contributed by atoms with Crippen LogP contribution in [0, 0.1) is 0 Å². The molecule has 2 aliphatic rings. The smallest absolute Gasteiger partial charge is 0.295 e. The van der Waals surface area contributed by atoms with E-state index in [-0.39, 0.29) is 24.2 Å². The van der Waals surface area contributed by atoms with Crippen LogP contribution in [0.2, 0.25) is 0 Å². The van der Waals surface area contributed by atoms with E-state index in [9.17, 15) is 14.7 Å². The summed E-state index contributed by atoms with van der Waals surface area (Å²) in [7, 11) is 1.58. The number of aliphatic hydroxyl groups is 1. The third-order valence-corrected chi connectivity index (χ3v) is 5.48. The summed E-state index contributed by atoms with van der Waals surface area (Å²) in [5.74, 6) is -0.00983. The molecule has 0 aromatic heterocycles. The third kappa shape index (κ3) is 4.52. The fourth-order valence-electron chi connectivity index (χ4n) is 4.07. The molecule has 0 bridgehead atoms. The van der Waals surface area contributed by atoms with Gasteiger partial charge in [0.1, 0.15) is 11.5 Å². The molecule has 174 valence electrons. The molecule has 8 heteroatoms. The van der Waals surface area contributed by atoms with Crippen molar-refractivity contribution in [2.75, 3.05) is 27.1 Å². The largest absolute Gasteiger partial charge is 0.507 e. The number of rotatable bonds is 8. The molecule has 0 spiro atoms. The van der Waals surface area contributed by atoms with Crippen LogP contribution in [0.25, 0.3) is 5.76 Å². The number of benzene rings is 2. The zero-order valence-electron chi connectivity index (χ0n) is 18.9. The lowest BCUT2D eigenvalue weighted by atomic mass is 9.95. The van der Waals surface area contributed by atoms with Gasteiger partial charge >= 0.3 is 0 Å². The summed E-state index contributed by atoms with van der Waals surface area (Å²) in [5, 5.41) is 11.2. The van der Waals surface area contributed by atoms with Crippen molar-refractivity contribution in [1.82, 2.24) is 4.90 Å². The fraction of sp³-hybridized carbons (Fsp3) is 0.360. The Hall–Kier alpha value is -3.52. The second-order valence-corrected chi connectivity index (χ2v) is 8.15. The number of aliphatic hydroxyl groups excluding tert-OH is 1. The van der Waals surface area contributed by atoms with Crippen LogP contribution in [0.5, 0.6) is 17.2 Å². The minimum Gasteiger partial charge on any atom is -0.507 e. The second kappa shape index (κ2) is 9.54. The zero-order valence-corrected chi connectivity index (χ0v) is 18.9. The maximum atomic E-state index is 13.1. The van der Waals surface area contributed by atoms with E-state index in [0.717, 1.165) is 0 Å². The first-order valence-electron chi connectivity index (χ1n) is 10.8. The van der Waals surface area contributed by atoms with Gasteiger partial charge in [0.2, 0.25) is 6.79 Å². The van der Waals surface area contributed by atoms with E-state index in [0.29, 0.717) is 47.9 Å². The third-order valence-electron chi connectivity index (χ3n) is 5.48. The topological polar surface area (TPSA) is 94.5 Å². The van der Waals surface area contributed by atoms with Crippen LogP contribution in [-0.4, -0.2) is 54.9 Å². The highest BCUT2D eigenvalue weighted by molar-refractivity contribution is 6.46. The molecule has 1 amide bonds. The van der Waals surface area contributed by atoms with Gasteiger partial charge in [0, 0.05) is 25.8 Å². The number of nitrogens with zero attached hydrogens (tertiary/aromatic N) is 1. The first-order chi connectivity index (χ1) is 15.9. The van der Waals surface area contributed by atoms with Crippen molar-refractivity contribution in [3.63, 3.8) is 0 Å². The predicted octanol–water partition coefficient (Wildman–Crippen LogP) is 3.66. The molecule has 1 N–H and O–H groups in total. The number of carbonyl (C=O) groups excluding carboxylic acids is 2. The van der Waals surface area contributed by atoms with Crippen LogP contribution < -0.4 is 14.2 Å². The summed E-state index contributed by atoms with van der Waals surface area (Å²) < 4.78 is 21.7. The minimum absolute atomic E-state index is 0.0259. The summed E-state index contributed by atoms with van der Waals surface area (Å²) in [4.78, 5) is 27.6. The molecule has 0 saturated carbocycles. The quantitative estimate of drug-likeness (QED) is 0.282. The van der Waals surface area contributed by atoms with Gasteiger partial charge in [0.05, 0.1) is 17.7 Å². The molecule has 1 fully saturated rings. The molecule has 1 saturated heterocycles. The normalized spacial score (nSPS) is 18.9. The molecule has 1 unspecified atom stereocenters. The number of amides is 1. The van der Waals surface area contributed by atoms with Gasteiger partial charge in [-0.25, -0.2) is 0 Å². The lowest BCUT2D eigenvalue weighted by molar-refractivity contribution is -0.140. The highest BCUT2D eigenvalue weighted by Gasteiger charge is 2.46. The molecule has 0 radical (unpaired) electrons. The molecule has 1 atom stereocenters. The molecule has 2 aromatic rings. The van der Waals surface area contributed by atoms with Gasteiger partial charge in [-0.3, -0.25) is 9.59 Å². The Kier molecular flexibility index (Phi) is 6.55. The van der Waals surface area contributed by atoms with Gasteiger partial charge in [-0.15, -0.1) is 0 Å². The molecule has 2 aliphatic heterocycles. The molecule has 4 rings (SSSR count). The highest BCUT2D eigenvalue weighted by Crippen LogP contribution is 2.42. The number of ether oxygens (including phenoxy) is 4. The van der Waals surface area contributed by atoms with E-state index in [4.69, 9.17) is 18.9 Å². The minimum atomic E-state index is -0.761. The van der Waals surface area contributed by atoms with Gasteiger partial charge < -0.3 is 29.0 Å². The molecule has 2 heterocycles. The number of likely N-dealkylation sites (tertiary alicyclic amines) is 1. The molecule has 33 heavy (non-hydrogen) atoms. The van der Waals surface area contributed by atoms with Crippen molar-refractivity contribution in [2.24, 2.45) is 0 Å². The van der Waals surface area contributed by atoms with Crippen LogP contribution >= 0.6 is 0 Å². The Morgan fingerprint density at radius 1 is 1.15 bits per heavy atom. The predicted molar refractivity (Wildman–Crippen MR) is 120 cm³/mol.